The van der Waals surface area contributed by atoms with Gasteiger partial charge in [0.05, 0.1) is 12.7 Å². The maximum Gasteiger partial charge on any atom is 0.0802 e. The van der Waals surface area contributed by atoms with E-state index >= 15 is 0 Å². The summed E-state index contributed by atoms with van der Waals surface area (Å²) in [7, 11) is 0. The predicted octanol–water partition coefficient (Wildman–Crippen LogP) is 3.73. The van der Waals surface area contributed by atoms with E-state index in [-0.39, 0.29) is 6.61 Å². The summed E-state index contributed by atoms with van der Waals surface area (Å²) < 4.78 is 0. The van der Waals surface area contributed by atoms with Gasteiger partial charge in [0, 0.05) is 19.6 Å². The van der Waals surface area contributed by atoms with Crippen molar-refractivity contribution in [3.63, 3.8) is 0 Å². The minimum absolute atomic E-state index is 0.131. The maximum absolute atomic E-state index is 10.4. The van der Waals surface area contributed by atoms with Gasteiger partial charge in [-0.3, -0.25) is 4.90 Å². The molecule has 2 aromatic carbocycles. The molecule has 0 radical (unpaired) electrons. The SMILES string of the molecule is CC(C)c1ccc(C(O)CCN(CCO)Cc2ccccc2)cc1. The Morgan fingerprint density at radius 2 is 1.50 bits per heavy atom. The molecule has 0 amide bonds. The molecule has 2 N–H and O–H groups in total. The summed E-state index contributed by atoms with van der Waals surface area (Å²) >= 11 is 0. The van der Waals surface area contributed by atoms with Crippen molar-refractivity contribution < 1.29 is 10.2 Å². The van der Waals surface area contributed by atoms with Gasteiger partial charge in [-0.05, 0) is 29.0 Å². The highest BCUT2D eigenvalue weighted by atomic mass is 16.3. The minimum Gasteiger partial charge on any atom is -0.395 e. The van der Waals surface area contributed by atoms with Gasteiger partial charge in [0.2, 0.25) is 0 Å². The molecule has 3 nitrogen and oxygen atoms in total. The Kier molecular flexibility index (Phi) is 7.44. The Morgan fingerprint density at radius 3 is 2.08 bits per heavy atom. The lowest BCUT2D eigenvalue weighted by Crippen LogP contribution is -2.28. The van der Waals surface area contributed by atoms with Crippen LogP contribution in [-0.4, -0.2) is 34.8 Å². The largest absolute Gasteiger partial charge is 0.395 e. The number of benzene rings is 2. The van der Waals surface area contributed by atoms with Gasteiger partial charge in [-0.25, -0.2) is 0 Å². The predicted molar refractivity (Wildman–Crippen MR) is 98.9 cm³/mol. The standard InChI is InChI=1S/C21H29NO2/c1-17(2)19-8-10-20(11-9-19)21(24)12-13-22(14-15-23)16-18-6-4-3-5-7-18/h3-11,17,21,23-24H,12-16H2,1-2H3. The molecule has 3 heteroatoms. The molecular formula is C21H29NO2. The third kappa shape index (κ3) is 5.75. The first-order chi connectivity index (χ1) is 11.6. The van der Waals surface area contributed by atoms with E-state index in [1.165, 1.54) is 11.1 Å². The molecule has 2 rings (SSSR count). The second-order valence-electron chi connectivity index (χ2n) is 6.61. The molecule has 0 bridgehead atoms. The molecule has 2 aromatic rings. The van der Waals surface area contributed by atoms with Crippen LogP contribution in [0.5, 0.6) is 0 Å². The Morgan fingerprint density at radius 1 is 0.875 bits per heavy atom. The lowest BCUT2D eigenvalue weighted by molar-refractivity contribution is 0.128. The Hall–Kier alpha value is -1.68. The molecule has 0 spiro atoms. The minimum atomic E-state index is -0.469. The van der Waals surface area contributed by atoms with Crippen LogP contribution in [-0.2, 0) is 6.54 Å². The van der Waals surface area contributed by atoms with Crippen molar-refractivity contribution in [3.8, 4) is 0 Å². The molecule has 0 aliphatic rings. The Bertz CT molecular complexity index is 581. The zero-order valence-electron chi connectivity index (χ0n) is 14.7. The summed E-state index contributed by atoms with van der Waals surface area (Å²) in [5.41, 5.74) is 3.47. The number of aliphatic hydroxyl groups excluding tert-OH is 2. The van der Waals surface area contributed by atoms with Gasteiger partial charge in [0.25, 0.3) is 0 Å². The van der Waals surface area contributed by atoms with Gasteiger partial charge in [-0.1, -0.05) is 68.4 Å². The van der Waals surface area contributed by atoms with Gasteiger partial charge in [-0.2, -0.15) is 0 Å². The van der Waals surface area contributed by atoms with E-state index < -0.39 is 6.10 Å². The van der Waals surface area contributed by atoms with E-state index in [2.05, 4.69) is 43.0 Å². The van der Waals surface area contributed by atoms with E-state index in [1.807, 2.05) is 30.3 Å². The molecule has 0 saturated carbocycles. The van der Waals surface area contributed by atoms with Crippen LogP contribution in [0.3, 0.4) is 0 Å². The van der Waals surface area contributed by atoms with E-state index in [4.69, 9.17) is 0 Å². The molecule has 0 aromatic heterocycles. The zero-order chi connectivity index (χ0) is 17.4. The van der Waals surface area contributed by atoms with Gasteiger partial charge < -0.3 is 10.2 Å². The monoisotopic (exact) mass is 327 g/mol. The summed E-state index contributed by atoms with van der Waals surface area (Å²) in [5, 5.41) is 19.7. The molecule has 0 fully saturated rings. The highest BCUT2D eigenvalue weighted by molar-refractivity contribution is 5.26. The first-order valence-electron chi connectivity index (χ1n) is 8.75. The van der Waals surface area contributed by atoms with Crippen LogP contribution in [0.25, 0.3) is 0 Å². The first kappa shape index (κ1) is 18.7. The average Bonchev–Trinajstić information content (AvgIpc) is 2.60. The van der Waals surface area contributed by atoms with Gasteiger partial charge in [0.1, 0.15) is 0 Å². The molecule has 24 heavy (non-hydrogen) atoms. The smallest absolute Gasteiger partial charge is 0.0802 e. The van der Waals surface area contributed by atoms with Crippen molar-refractivity contribution in [3.05, 3.63) is 71.3 Å². The van der Waals surface area contributed by atoms with Crippen molar-refractivity contribution >= 4 is 0 Å². The lowest BCUT2D eigenvalue weighted by Gasteiger charge is -2.23. The van der Waals surface area contributed by atoms with Gasteiger partial charge >= 0.3 is 0 Å². The maximum atomic E-state index is 10.4. The molecular weight excluding hydrogens is 298 g/mol. The summed E-state index contributed by atoms with van der Waals surface area (Å²) in [6.07, 6.45) is 0.191. The van der Waals surface area contributed by atoms with E-state index in [9.17, 15) is 10.2 Å². The topological polar surface area (TPSA) is 43.7 Å². The fourth-order valence-electron chi connectivity index (χ4n) is 2.83. The molecule has 130 valence electrons. The van der Waals surface area contributed by atoms with Crippen LogP contribution in [0, 0.1) is 0 Å². The van der Waals surface area contributed by atoms with Gasteiger partial charge in [-0.15, -0.1) is 0 Å². The molecule has 0 aliphatic carbocycles. The average molecular weight is 327 g/mol. The first-order valence-corrected chi connectivity index (χ1v) is 8.75. The highest BCUT2D eigenvalue weighted by Crippen LogP contribution is 2.21. The van der Waals surface area contributed by atoms with E-state index in [1.54, 1.807) is 0 Å². The van der Waals surface area contributed by atoms with Crippen molar-refractivity contribution in [1.82, 2.24) is 4.90 Å². The third-order valence-electron chi connectivity index (χ3n) is 4.37. The van der Waals surface area contributed by atoms with Crippen LogP contribution in [0.2, 0.25) is 0 Å². The van der Waals surface area contributed by atoms with Crippen LogP contribution < -0.4 is 0 Å². The number of hydrogen-bond acceptors (Lipinski definition) is 3. The normalized spacial score (nSPS) is 12.8. The van der Waals surface area contributed by atoms with Crippen molar-refractivity contribution in [2.24, 2.45) is 0 Å². The summed E-state index contributed by atoms with van der Waals surface area (Å²) in [6.45, 7) is 6.63. The third-order valence-corrected chi connectivity index (χ3v) is 4.37. The second kappa shape index (κ2) is 9.58. The van der Waals surface area contributed by atoms with Crippen LogP contribution >= 0.6 is 0 Å². The Balaban J connectivity index is 1.90. The number of rotatable bonds is 9. The number of hydrogen-bond donors (Lipinski definition) is 2. The summed E-state index contributed by atoms with van der Waals surface area (Å²) in [4.78, 5) is 2.18. The summed E-state index contributed by atoms with van der Waals surface area (Å²) in [5.74, 6) is 0.502. The van der Waals surface area contributed by atoms with Crippen molar-refractivity contribution in [2.45, 2.75) is 38.8 Å². The van der Waals surface area contributed by atoms with Crippen molar-refractivity contribution in [2.75, 3.05) is 19.7 Å². The highest BCUT2D eigenvalue weighted by Gasteiger charge is 2.12. The Labute approximate surface area is 145 Å². The van der Waals surface area contributed by atoms with E-state index in [0.717, 1.165) is 18.7 Å². The second-order valence-corrected chi connectivity index (χ2v) is 6.61. The lowest BCUT2D eigenvalue weighted by atomic mass is 9.99. The fourth-order valence-corrected chi connectivity index (χ4v) is 2.83. The van der Waals surface area contributed by atoms with Crippen LogP contribution in [0.1, 0.15) is 49.0 Å². The van der Waals surface area contributed by atoms with Crippen LogP contribution in [0.4, 0.5) is 0 Å². The van der Waals surface area contributed by atoms with Crippen molar-refractivity contribution in [1.29, 1.82) is 0 Å². The molecule has 0 aliphatic heterocycles. The zero-order valence-corrected chi connectivity index (χ0v) is 14.7. The molecule has 1 unspecified atom stereocenters. The molecule has 1 atom stereocenters. The number of nitrogens with zero attached hydrogens (tertiary/aromatic N) is 1. The molecule has 0 heterocycles. The quantitative estimate of drug-likeness (QED) is 0.737. The fraction of sp³-hybridized carbons (Fsp3) is 0.429. The van der Waals surface area contributed by atoms with Gasteiger partial charge in [0.15, 0.2) is 0 Å². The molecule has 0 saturated heterocycles. The van der Waals surface area contributed by atoms with E-state index in [0.29, 0.717) is 18.9 Å². The van der Waals surface area contributed by atoms with Crippen LogP contribution in [0.15, 0.2) is 54.6 Å². The summed E-state index contributed by atoms with van der Waals surface area (Å²) in [6, 6.07) is 18.5. The number of aliphatic hydroxyl groups is 2.